The molecule has 3 rings (SSSR count). The minimum Gasteiger partial charge on any atom is -0.493 e. The number of fused-ring (bicyclic) bond motifs is 1. The second kappa shape index (κ2) is 11.5. The highest BCUT2D eigenvalue weighted by Gasteiger charge is 2.18. The van der Waals surface area contributed by atoms with Crippen molar-refractivity contribution in [3.8, 4) is 11.5 Å². The number of amides is 1. The first-order valence-electron chi connectivity index (χ1n) is 11.4. The van der Waals surface area contributed by atoms with Gasteiger partial charge in [-0.15, -0.1) is 0 Å². The number of unbranched alkanes of at least 4 members (excludes halogenated alkanes) is 2. The zero-order valence-electron chi connectivity index (χ0n) is 19.9. The minimum absolute atomic E-state index is 0.0145. The highest BCUT2D eigenvalue weighted by Crippen LogP contribution is 2.27. The lowest BCUT2D eigenvalue weighted by Crippen LogP contribution is -2.26. The smallest absolute Gasteiger partial charge is 0.224 e. The first-order chi connectivity index (χ1) is 15.9. The fraction of sp³-hybridized carbons (Fsp3) is 0.423. The maximum Gasteiger partial charge on any atom is 0.224 e. The van der Waals surface area contributed by atoms with Crippen LogP contribution in [0.4, 0.5) is 0 Å². The maximum absolute atomic E-state index is 12.3. The van der Waals surface area contributed by atoms with Crippen molar-refractivity contribution in [2.45, 2.75) is 52.0 Å². The summed E-state index contributed by atoms with van der Waals surface area (Å²) in [4.78, 5) is 29.0. The molecule has 0 aliphatic carbocycles. The number of methoxy groups -OCH3 is 2. The lowest BCUT2D eigenvalue weighted by Gasteiger charge is -2.15. The standard InChI is InChI=1S/C26H33N3O4/c1-18(19(2)30)29-22-11-8-7-10-21(22)28-25(29)12-6-5-9-15-27-26(31)17-20-13-14-23(32-3)24(16-20)33-4/h7-8,10-11,13-14,16,18H,5-6,9,12,15,17H2,1-4H3,(H,27,31). The quantitative estimate of drug-likeness (QED) is 0.416. The van der Waals surface area contributed by atoms with Crippen LogP contribution in [-0.2, 0) is 22.4 Å². The Hall–Kier alpha value is -3.35. The predicted octanol–water partition coefficient (Wildman–Crippen LogP) is 4.28. The normalized spacial score (nSPS) is 11.9. The van der Waals surface area contributed by atoms with Crippen LogP contribution in [0.5, 0.6) is 11.5 Å². The Morgan fingerprint density at radius 1 is 1.03 bits per heavy atom. The van der Waals surface area contributed by atoms with E-state index in [4.69, 9.17) is 14.5 Å². The summed E-state index contributed by atoms with van der Waals surface area (Å²) >= 11 is 0. The van der Waals surface area contributed by atoms with E-state index in [1.54, 1.807) is 21.1 Å². The first kappa shape index (κ1) is 24.3. The van der Waals surface area contributed by atoms with Gasteiger partial charge in [-0.3, -0.25) is 9.59 Å². The molecule has 7 nitrogen and oxygen atoms in total. The third-order valence-corrected chi connectivity index (χ3v) is 5.86. The number of carbonyl (C=O) groups is 2. The second-order valence-corrected chi connectivity index (χ2v) is 8.20. The van der Waals surface area contributed by atoms with Crippen LogP contribution in [0.15, 0.2) is 42.5 Å². The molecule has 0 radical (unpaired) electrons. The molecule has 0 saturated carbocycles. The zero-order valence-corrected chi connectivity index (χ0v) is 19.9. The number of ether oxygens (including phenoxy) is 2. The van der Waals surface area contributed by atoms with E-state index < -0.39 is 0 Å². The number of nitrogens with zero attached hydrogens (tertiary/aromatic N) is 2. The fourth-order valence-corrected chi connectivity index (χ4v) is 3.94. The van der Waals surface area contributed by atoms with Crippen LogP contribution in [0, 0.1) is 0 Å². The van der Waals surface area contributed by atoms with Crippen molar-refractivity contribution >= 4 is 22.7 Å². The number of rotatable bonds is 12. The van der Waals surface area contributed by atoms with Gasteiger partial charge in [0.2, 0.25) is 5.91 Å². The molecule has 0 aliphatic heterocycles. The second-order valence-electron chi connectivity index (χ2n) is 8.20. The van der Waals surface area contributed by atoms with Crippen LogP contribution in [0.1, 0.15) is 50.5 Å². The molecular formula is C26H33N3O4. The first-order valence-corrected chi connectivity index (χ1v) is 11.4. The third kappa shape index (κ3) is 6.12. The highest BCUT2D eigenvalue weighted by atomic mass is 16.5. The van der Waals surface area contributed by atoms with E-state index in [2.05, 4.69) is 9.88 Å². The lowest BCUT2D eigenvalue weighted by atomic mass is 10.1. The predicted molar refractivity (Wildman–Crippen MR) is 129 cm³/mol. The summed E-state index contributed by atoms with van der Waals surface area (Å²) < 4.78 is 12.6. The van der Waals surface area contributed by atoms with Crippen LogP contribution in [0.3, 0.4) is 0 Å². The number of imidazole rings is 1. The van der Waals surface area contributed by atoms with E-state index in [0.29, 0.717) is 24.5 Å². The summed E-state index contributed by atoms with van der Waals surface area (Å²) in [6.45, 7) is 4.17. The maximum atomic E-state index is 12.3. The number of nitrogens with one attached hydrogen (secondary N) is 1. The van der Waals surface area contributed by atoms with Crippen molar-refractivity contribution in [2.24, 2.45) is 0 Å². The van der Waals surface area contributed by atoms with Crippen molar-refractivity contribution in [2.75, 3.05) is 20.8 Å². The van der Waals surface area contributed by atoms with Gasteiger partial charge in [0.1, 0.15) is 5.82 Å². The largest absolute Gasteiger partial charge is 0.493 e. The van der Waals surface area contributed by atoms with E-state index in [1.165, 1.54) is 0 Å². The average Bonchev–Trinajstić information content (AvgIpc) is 3.18. The molecular weight excluding hydrogens is 418 g/mol. The molecule has 1 atom stereocenters. The zero-order chi connectivity index (χ0) is 23.8. The van der Waals surface area contributed by atoms with Crippen LogP contribution in [0.25, 0.3) is 11.0 Å². The topological polar surface area (TPSA) is 82.5 Å². The van der Waals surface area contributed by atoms with E-state index in [9.17, 15) is 9.59 Å². The Bertz CT molecular complexity index is 1110. The van der Waals surface area contributed by atoms with Crippen LogP contribution in [-0.4, -0.2) is 42.0 Å². The van der Waals surface area contributed by atoms with Crippen molar-refractivity contribution in [1.82, 2.24) is 14.9 Å². The SMILES string of the molecule is COc1ccc(CC(=O)NCCCCCc2nc3ccccc3n2C(C)C(C)=O)cc1OC. The third-order valence-electron chi connectivity index (χ3n) is 5.86. The number of para-hydroxylation sites is 2. The van der Waals surface area contributed by atoms with E-state index in [1.807, 2.05) is 49.4 Å². The summed E-state index contributed by atoms with van der Waals surface area (Å²) in [6.07, 6.45) is 3.90. The van der Waals surface area contributed by atoms with Crippen molar-refractivity contribution in [3.05, 3.63) is 53.9 Å². The number of aryl methyl sites for hydroxylation is 1. The van der Waals surface area contributed by atoms with Crippen molar-refractivity contribution in [3.63, 3.8) is 0 Å². The van der Waals surface area contributed by atoms with Crippen LogP contribution < -0.4 is 14.8 Å². The van der Waals surface area contributed by atoms with Crippen molar-refractivity contribution < 1.29 is 19.1 Å². The Kier molecular flexibility index (Phi) is 8.46. The summed E-state index contributed by atoms with van der Waals surface area (Å²) in [5.74, 6) is 2.31. The molecule has 7 heteroatoms. The Morgan fingerprint density at radius 3 is 2.52 bits per heavy atom. The van der Waals surface area contributed by atoms with E-state index in [0.717, 1.165) is 48.1 Å². The van der Waals surface area contributed by atoms with Crippen LogP contribution >= 0.6 is 0 Å². The van der Waals surface area contributed by atoms with E-state index in [-0.39, 0.29) is 17.7 Å². The van der Waals surface area contributed by atoms with Gasteiger partial charge in [-0.2, -0.15) is 0 Å². The highest BCUT2D eigenvalue weighted by molar-refractivity contribution is 5.84. The van der Waals surface area contributed by atoms with Gasteiger partial charge in [-0.25, -0.2) is 4.98 Å². The van der Waals surface area contributed by atoms with Crippen molar-refractivity contribution in [1.29, 1.82) is 0 Å². The Balaban J connectivity index is 1.46. The van der Waals surface area contributed by atoms with Crippen LogP contribution in [0.2, 0.25) is 0 Å². The fourth-order valence-electron chi connectivity index (χ4n) is 3.94. The van der Waals surface area contributed by atoms with Gasteiger partial charge in [0.05, 0.1) is 37.7 Å². The molecule has 0 fully saturated rings. The monoisotopic (exact) mass is 451 g/mol. The molecule has 1 unspecified atom stereocenters. The number of aromatic nitrogens is 2. The lowest BCUT2D eigenvalue weighted by molar-refractivity contribution is -0.120. The summed E-state index contributed by atoms with van der Waals surface area (Å²) in [5, 5.41) is 2.99. The van der Waals surface area contributed by atoms with Gasteiger partial charge in [-0.05, 0) is 56.5 Å². The number of hydrogen-bond acceptors (Lipinski definition) is 5. The van der Waals surface area contributed by atoms with Gasteiger partial charge in [0.25, 0.3) is 0 Å². The minimum atomic E-state index is -0.233. The number of carbonyl (C=O) groups excluding carboxylic acids is 2. The summed E-state index contributed by atoms with van der Waals surface area (Å²) in [6, 6.07) is 13.2. The molecule has 3 aromatic rings. The molecule has 176 valence electrons. The number of benzene rings is 2. The van der Waals surface area contributed by atoms with E-state index >= 15 is 0 Å². The summed E-state index contributed by atoms with van der Waals surface area (Å²) in [5.41, 5.74) is 2.80. The van der Waals surface area contributed by atoms with Gasteiger partial charge >= 0.3 is 0 Å². The molecule has 1 aromatic heterocycles. The molecule has 0 spiro atoms. The molecule has 33 heavy (non-hydrogen) atoms. The Labute approximate surface area is 195 Å². The number of hydrogen-bond donors (Lipinski definition) is 1. The number of Topliss-reactive ketones (excluding diaryl/α,β-unsaturated/α-hetero) is 1. The molecule has 0 bridgehead atoms. The molecule has 0 aliphatic rings. The van der Waals surface area contributed by atoms with Gasteiger partial charge < -0.3 is 19.4 Å². The Morgan fingerprint density at radius 2 is 1.79 bits per heavy atom. The molecule has 0 saturated heterocycles. The molecule has 2 aromatic carbocycles. The average molecular weight is 452 g/mol. The van der Waals surface area contributed by atoms with Gasteiger partial charge in [0, 0.05) is 13.0 Å². The molecule has 1 heterocycles. The molecule has 1 N–H and O–H groups in total. The number of ketones is 1. The summed E-state index contributed by atoms with van der Waals surface area (Å²) in [7, 11) is 3.17. The van der Waals surface area contributed by atoms with Gasteiger partial charge in [0.15, 0.2) is 17.3 Å². The van der Waals surface area contributed by atoms with Gasteiger partial charge in [-0.1, -0.05) is 24.6 Å². The molecule has 1 amide bonds.